The largest absolute Gasteiger partial charge is 0.354 e. The van der Waals surface area contributed by atoms with Crippen LogP contribution in [0.1, 0.15) is 31.5 Å². The molecule has 2 fully saturated rings. The first kappa shape index (κ1) is 19.5. The van der Waals surface area contributed by atoms with E-state index in [9.17, 15) is 0 Å². The van der Waals surface area contributed by atoms with E-state index in [1.807, 2.05) is 13.1 Å². The molecule has 4 rings (SSSR count). The molecule has 0 amide bonds. The second-order valence-electron chi connectivity index (χ2n) is 7.48. The molecule has 1 aromatic heterocycles. The van der Waals surface area contributed by atoms with E-state index < -0.39 is 0 Å². The Hall–Kier alpha value is -1.31. The maximum Gasteiger partial charge on any atom is 0.193 e. The van der Waals surface area contributed by atoms with Gasteiger partial charge >= 0.3 is 0 Å². The van der Waals surface area contributed by atoms with Gasteiger partial charge in [0, 0.05) is 33.2 Å². The normalized spacial score (nSPS) is 23.0. The van der Waals surface area contributed by atoms with Gasteiger partial charge < -0.3 is 14.8 Å². The molecule has 2 atom stereocenters. The lowest BCUT2D eigenvalue weighted by atomic mass is 9.82. The molecular formula is C20H30IN5. The van der Waals surface area contributed by atoms with Gasteiger partial charge in [-0.3, -0.25) is 4.99 Å². The molecule has 142 valence electrons. The number of rotatable bonds is 3. The third-order valence-corrected chi connectivity index (χ3v) is 5.95. The van der Waals surface area contributed by atoms with Crippen LogP contribution in [-0.4, -0.2) is 47.1 Å². The molecule has 1 aromatic carbocycles. The van der Waals surface area contributed by atoms with Crippen LogP contribution in [0, 0.1) is 18.8 Å². The van der Waals surface area contributed by atoms with Crippen LogP contribution in [0.4, 0.5) is 0 Å². The number of likely N-dealkylation sites (tertiary alicyclic amines) is 1. The van der Waals surface area contributed by atoms with Crippen LogP contribution in [0.2, 0.25) is 0 Å². The minimum atomic E-state index is 0. The van der Waals surface area contributed by atoms with Crippen molar-refractivity contribution < 1.29 is 0 Å². The molecule has 2 aliphatic rings. The number of imidazole rings is 1. The highest BCUT2D eigenvalue weighted by molar-refractivity contribution is 14.0. The number of halogens is 1. The maximum atomic E-state index is 4.65. The van der Waals surface area contributed by atoms with E-state index >= 15 is 0 Å². The predicted octanol–water partition coefficient (Wildman–Crippen LogP) is 3.66. The second-order valence-corrected chi connectivity index (χ2v) is 7.48. The summed E-state index contributed by atoms with van der Waals surface area (Å²) in [6.45, 7) is 6.22. The number of aryl methyl sites for hydroxylation is 1. The number of fused-ring (bicyclic) bond motifs is 2. The number of aliphatic imine (C=N–C) groups is 1. The fourth-order valence-corrected chi connectivity index (χ4v) is 4.67. The van der Waals surface area contributed by atoms with Gasteiger partial charge in [0.2, 0.25) is 0 Å². The highest BCUT2D eigenvalue weighted by Crippen LogP contribution is 2.35. The molecule has 6 heteroatoms. The molecule has 5 nitrogen and oxygen atoms in total. The summed E-state index contributed by atoms with van der Waals surface area (Å²) in [5.41, 5.74) is 2.29. The molecule has 0 spiro atoms. The van der Waals surface area contributed by atoms with Crippen molar-refractivity contribution in [2.24, 2.45) is 16.8 Å². The lowest BCUT2D eigenvalue weighted by molar-refractivity contribution is 0.299. The van der Waals surface area contributed by atoms with E-state index in [-0.39, 0.29) is 24.0 Å². The molecule has 2 unspecified atom stereocenters. The van der Waals surface area contributed by atoms with E-state index in [2.05, 4.69) is 49.9 Å². The molecule has 2 aromatic rings. The molecule has 1 aliphatic carbocycles. The van der Waals surface area contributed by atoms with Crippen molar-refractivity contribution in [3.8, 4) is 0 Å². The van der Waals surface area contributed by atoms with Gasteiger partial charge in [0.05, 0.1) is 11.0 Å². The van der Waals surface area contributed by atoms with Gasteiger partial charge in [-0.1, -0.05) is 25.0 Å². The number of aromatic nitrogens is 2. The van der Waals surface area contributed by atoms with Crippen molar-refractivity contribution in [3.05, 3.63) is 30.1 Å². The highest BCUT2D eigenvalue weighted by atomic mass is 127. The summed E-state index contributed by atoms with van der Waals surface area (Å²) in [7, 11) is 1.90. The zero-order valence-corrected chi connectivity index (χ0v) is 18.1. The molecule has 1 saturated heterocycles. The summed E-state index contributed by atoms with van der Waals surface area (Å²) >= 11 is 0. The Balaban J connectivity index is 0.00000196. The topological polar surface area (TPSA) is 45.5 Å². The summed E-state index contributed by atoms with van der Waals surface area (Å²) in [4.78, 5) is 11.7. The van der Waals surface area contributed by atoms with E-state index in [0.717, 1.165) is 42.2 Å². The summed E-state index contributed by atoms with van der Waals surface area (Å²) in [5.74, 6) is 3.90. The van der Waals surface area contributed by atoms with E-state index in [0.29, 0.717) is 0 Å². The first-order valence-corrected chi connectivity index (χ1v) is 9.63. The van der Waals surface area contributed by atoms with Gasteiger partial charge in [-0.2, -0.15) is 0 Å². The lowest BCUT2D eigenvalue weighted by Crippen LogP contribution is -2.41. The SMILES string of the molecule is CN=C(NCCn1c(C)nc2ccccc21)N1CC2CCCCC2C1.I. The Morgan fingerprint density at radius 1 is 1.19 bits per heavy atom. The highest BCUT2D eigenvalue weighted by Gasteiger charge is 2.35. The molecule has 1 aliphatic heterocycles. The lowest BCUT2D eigenvalue weighted by Gasteiger charge is -2.22. The smallest absolute Gasteiger partial charge is 0.193 e. The van der Waals surface area contributed by atoms with Crippen molar-refractivity contribution in [1.82, 2.24) is 19.8 Å². The third kappa shape index (κ3) is 3.85. The number of nitrogens with zero attached hydrogens (tertiary/aromatic N) is 4. The Morgan fingerprint density at radius 3 is 2.58 bits per heavy atom. The first-order valence-electron chi connectivity index (χ1n) is 9.63. The standard InChI is InChI=1S/C20H29N5.HI/c1-15-23-18-9-5-6-10-19(18)25(15)12-11-22-20(21-2)24-13-16-7-3-4-8-17(16)14-24;/h5-6,9-10,16-17H,3-4,7-8,11-14H2,1-2H3,(H,21,22);1H. The maximum absolute atomic E-state index is 4.65. The third-order valence-electron chi connectivity index (χ3n) is 5.95. The van der Waals surface area contributed by atoms with Crippen LogP contribution in [0.15, 0.2) is 29.3 Å². The van der Waals surface area contributed by atoms with Crippen LogP contribution in [0.25, 0.3) is 11.0 Å². The first-order chi connectivity index (χ1) is 12.3. The van der Waals surface area contributed by atoms with Crippen LogP contribution < -0.4 is 5.32 Å². The number of benzene rings is 1. The zero-order chi connectivity index (χ0) is 17.2. The van der Waals surface area contributed by atoms with Crippen LogP contribution in [0.3, 0.4) is 0 Å². The van der Waals surface area contributed by atoms with E-state index in [4.69, 9.17) is 0 Å². The zero-order valence-electron chi connectivity index (χ0n) is 15.8. The molecule has 26 heavy (non-hydrogen) atoms. The van der Waals surface area contributed by atoms with Crippen molar-refractivity contribution in [3.63, 3.8) is 0 Å². The summed E-state index contributed by atoms with van der Waals surface area (Å²) < 4.78 is 2.29. The molecule has 0 bridgehead atoms. The predicted molar refractivity (Wildman–Crippen MR) is 118 cm³/mol. The molecule has 2 heterocycles. The van der Waals surface area contributed by atoms with Crippen LogP contribution in [-0.2, 0) is 6.54 Å². The fourth-order valence-electron chi connectivity index (χ4n) is 4.67. The van der Waals surface area contributed by atoms with Gasteiger partial charge in [0.1, 0.15) is 5.82 Å². The second kappa shape index (κ2) is 8.59. The number of hydrogen-bond donors (Lipinski definition) is 1. The van der Waals surface area contributed by atoms with E-state index in [1.165, 1.54) is 44.3 Å². The van der Waals surface area contributed by atoms with Crippen LogP contribution in [0.5, 0.6) is 0 Å². The van der Waals surface area contributed by atoms with Crippen molar-refractivity contribution >= 4 is 41.0 Å². The quantitative estimate of drug-likeness (QED) is 0.426. The monoisotopic (exact) mass is 467 g/mol. The Morgan fingerprint density at radius 2 is 1.88 bits per heavy atom. The average Bonchev–Trinajstić information content (AvgIpc) is 3.19. The average molecular weight is 467 g/mol. The van der Waals surface area contributed by atoms with Gasteiger partial charge in [-0.05, 0) is 43.7 Å². The Bertz CT molecular complexity index is 755. The molecular weight excluding hydrogens is 437 g/mol. The van der Waals surface area contributed by atoms with Gasteiger partial charge in [-0.15, -0.1) is 24.0 Å². The molecule has 1 saturated carbocycles. The summed E-state index contributed by atoms with van der Waals surface area (Å²) in [6, 6.07) is 8.36. The fraction of sp³-hybridized carbons (Fsp3) is 0.600. The summed E-state index contributed by atoms with van der Waals surface area (Å²) in [6.07, 6.45) is 5.62. The number of hydrogen-bond acceptors (Lipinski definition) is 2. The van der Waals surface area contributed by atoms with Gasteiger partial charge in [0.15, 0.2) is 5.96 Å². The number of nitrogens with one attached hydrogen (secondary N) is 1. The number of guanidine groups is 1. The van der Waals surface area contributed by atoms with Crippen molar-refractivity contribution in [1.29, 1.82) is 0 Å². The van der Waals surface area contributed by atoms with Gasteiger partial charge in [0.25, 0.3) is 0 Å². The van der Waals surface area contributed by atoms with Crippen LogP contribution >= 0.6 is 24.0 Å². The molecule has 0 radical (unpaired) electrons. The Labute approximate surface area is 173 Å². The van der Waals surface area contributed by atoms with E-state index in [1.54, 1.807) is 0 Å². The van der Waals surface area contributed by atoms with Crippen molar-refractivity contribution in [2.45, 2.75) is 39.2 Å². The minimum absolute atomic E-state index is 0. The summed E-state index contributed by atoms with van der Waals surface area (Å²) in [5, 5.41) is 3.58. The molecule has 1 N–H and O–H groups in total. The number of para-hydroxylation sites is 2. The minimum Gasteiger partial charge on any atom is -0.354 e. The Kier molecular flexibility index (Phi) is 6.42. The van der Waals surface area contributed by atoms with Crippen molar-refractivity contribution in [2.75, 3.05) is 26.7 Å². The van der Waals surface area contributed by atoms with Gasteiger partial charge in [-0.25, -0.2) is 4.98 Å².